The number of halogens is 3. The molecule has 2 aliphatic rings. The average Bonchev–Trinajstić information content (AvgIpc) is 2.88. The molecule has 0 unspecified atom stereocenters. The van der Waals surface area contributed by atoms with Crippen LogP contribution in [0, 0.1) is 17.2 Å². The summed E-state index contributed by atoms with van der Waals surface area (Å²) in [7, 11) is 0. The number of nitrogens with one attached hydrogen (secondary N) is 1. The van der Waals surface area contributed by atoms with E-state index in [1.165, 1.54) is 12.1 Å². The quantitative estimate of drug-likeness (QED) is 0.758. The molecule has 1 spiro atoms. The number of hydrogen-bond acceptors (Lipinski definition) is 4. The van der Waals surface area contributed by atoms with E-state index < -0.39 is 36.9 Å². The molecule has 2 fully saturated rings. The van der Waals surface area contributed by atoms with Gasteiger partial charge in [0.1, 0.15) is 5.54 Å². The van der Waals surface area contributed by atoms with E-state index in [1.807, 2.05) is 13.0 Å². The number of alkyl halides is 3. The van der Waals surface area contributed by atoms with Gasteiger partial charge in [-0.25, -0.2) is 9.69 Å². The van der Waals surface area contributed by atoms with Gasteiger partial charge in [0, 0.05) is 6.54 Å². The predicted octanol–water partition coefficient (Wildman–Crippen LogP) is 3.38. The molecule has 1 saturated carbocycles. The normalized spacial score (nSPS) is 24.8. The summed E-state index contributed by atoms with van der Waals surface area (Å²) in [5.41, 5.74) is -0.0484. The Balaban J connectivity index is 1.78. The lowest BCUT2D eigenvalue weighted by Crippen LogP contribution is -2.54. The molecule has 1 aromatic carbocycles. The third-order valence-corrected chi connectivity index (χ3v) is 5.73. The van der Waals surface area contributed by atoms with Gasteiger partial charge in [0.05, 0.1) is 24.8 Å². The number of carbonyl (C=O) groups is 2. The van der Waals surface area contributed by atoms with Crippen molar-refractivity contribution >= 4 is 11.9 Å². The van der Waals surface area contributed by atoms with Gasteiger partial charge in [0.25, 0.3) is 5.91 Å². The Hall–Kier alpha value is -2.60. The van der Waals surface area contributed by atoms with E-state index in [-0.39, 0.29) is 12.5 Å². The minimum absolute atomic E-state index is 0.0627. The molecule has 1 aliphatic heterocycles. The Kier molecular flexibility index (Phi) is 5.85. The molecular formula is C20H23F3N4O2. The lowest BCUT2D eigenvalue weighted by molar-refractivity contribution is -0.154. The maximum Gasteiger partial charge on any atom is 0.401 e. The molecule has 1 aliphatic carbocycles. The van der Waals surface area contributed by atoms with Crippen molar-refractivity contribution < 1.29 is 22.8 Å². The van der Waals surface area contributed by atoms with Crippen LogP contribution in [-0.2, 0) is 11.3 Å². The molecule has 3 amide bonds. The monoisotopic (exact) mass is 408 g/mol. The lowest BCUT2D eigenvalue weighted by atomic mass is 9.73. The summed E-state index contributed by atoms with van der Waals surface area (Å²) in [5, 5.41) is 11.6. The zero-order chi connectivity index (χ0) is 21.2. The number of carbonyl (C=O) groups excluding carboxylic acids is 2. The predicted molar refractivity (Wildman–Crippen MR) is 98.2 cm³/mol. The standard InChI is InChI=1S/C20H23F3N4O2/c1-14-4-2-3-9-19(14)17(28)27(18(29)25-19)13-26(12-20(21,22)23)11-16-7-5-15(10-24)6-8-16/h5-8,14H,2-4,9,11-13H2,1H3,(H,25,29)/t14-,19+/m0/s1. The average molecular weight is 408 g/mol. The van der Waals surface area contributed by atoms with Crippen molar-refractivity contribution in [1.82, 2.24) is 15.1 Å². The maximum absolute atomic E-state index is 13.1. The van der Waals surface area contributed by atoms with Crippen LogP contribution in [0.15, 0.2) is 24.3 Å². The van der Waals surface area contributed by atoms with Crippen molar-refractivity contribution in [3.63, 3.8) is 0 Å². The minimum atomic E-state index is -4.48. The molecule has 1 saturated heterocycles. The molecule has 1 N–H and O–H groups in total. The topological polar surface area (TPSA) is 76.4 Å². The van der Waals surface area contributed by atoms with Crippen LogP contribution in [0.25, 0.3) is 0 Å². The van der Waals surface area contributed by atoms with Crippen molar-refractivity contribution in [2.24, 2.45) is 5.92 Å². The van der Waals surface area contributed by atoms with Gasteiger partial charge >= 0.3 is 12.2 Å². The maximum atomic E-state index is 13.1. The molecule has 2 atom stereocenters. The lowest BCUT2D eigenvalue weighted by Gasteiger charge is -2.37. The van der Waals surface area contributed by atoms with E-state index in [2.05, 4.69) is 5.32 Å². The summed E-state index contributed by atoms with van der Waals surface area (Å²) >= 11 is 0. The largest absolute Gasteiger partial charge is 0.401 e. The van der Waals surface area contributed by atoms with E-state index in [0.29, 0.717) is 17.5 Å². The minimum Gasteiger partial charge on any atom is -0.323 e. The highest BCUT2D eigenvalue weighted by Gasteiger charge is 2.55. The van der Waals surface area contributed by atoms with Crippen LogP contribution in [0.1, 0.15) is 43.7 Å². The van der Waals surface area contributed by atoms with Crippen LogP contribution < -0.4 is 5.32 Å². The molecule has 3 rings (SSSR count). The first kappa shape index (κ1) is 21.1. The van der Waals surface area contributed by atoms with Gasteiger partial charge in [0.15, 0.2) is 0 Å². The van der Waals surface area contributed by atoms with Gasteiger partial charge in [-0.05, 0) is 36.5 Å². The smallest absolute Gasteiger partial charge is 0.323 e. The van der Waals surface area contributed by atoms with Crippen LogP contribution >= 0.6 is 0 Å². The molecule has 0 radical (unpaired) electrons. The third kappa shape index (κ3) is 4.53. The Morgan fingerprint density at radius 3 is 2.55 bits per heavy atom. The molecule has 1 heterocycles. The first-order chi connectivity index (χ1) is 13.6. The summed E-state index contributed by atoms with van der Waals surface area (Å²) in [6.45, 7) is 0.0845. The van der Waals surface area contributed by atoms with E-state index in [1.54, 1.807) is 12.1 Å². The molecule has 0 aromatic heterocycles. The Bertz CT molecular complexity index is 819. The van der Waals surface area contributed by atoms with Gasteiger partial charge in [-0.3, -0.25) is 9.69 Å². The van der Waals surface area contributed by atoms with Crippen LogP contribution in [0.3, 0.4) is 0 Å². The zero-order valence-electron chi connectivity index (χ0n) is 16.1. The molecule has 29 heavy (non-hydrogen) atoms. The second kappa shape index (κ2) is 8.03. The van der Waals surface area contributed by atoms with Gasteiger partial charge < -0.3 is 5.32 Å². The number of rotatable bonds is 5. The first-order valence-electron chi connectivity index (χ1n) is 9.57. The van der Waals surface area contributed by atoms with E-state index in [4.69, 9.17) is 5.26 Å². The Morgan fingerprint density at radius 1 is 1.28 bits per heavy atom. The number of imide groups is 1. The fraction of sp³-hybridized carbons (Fsp3) is 0.550. The van der Waals surface area contributed by atoms with Crippen LogP contribution in [-0.4, -0.2) is 46.7 Å². The molecule has 0 bridgehead atoms. The van der Waals surface area contributed by atoms with Crippen molar-refractivity contribution in [3.8, 4) is 6.07 Å². The van der Waals surface area contributed by atoms with Gasteiger partial charge in [-0.15, -0.1) is 0 Å². The van der Waals surface area contributed by atoms with E-state index in [0.717, 1.165) is 29.1 Å². The highest BCUT2D eigenvalue weighted by molar-refractivity contribution is 6.07. The highest BCUT2D eigenvalue weighted by Crippen LogP contribution is 2.38. The van der Waals surface area contributed by atoms with Gasteiger partial charge in [-0.1, -0.05) is 31.9 Å². The number of hydrogen-bond donors (Lipinski definition) is 1. The van der Waals surface area contributed by atoms with Crippen molar-refractivity contribution in [1.29, 1.82) is 5.26 Å². The van der Waals surface area contributed by atoms with Crippen molar-refractivity contribution in [2.75, 3.05) is 13.2 Å². The summed E-state index contributed by atoms with van der Waals surface area (Å²) in [4.78, 5) is 27.4. The number of urea groups is 1. The second-order valence-corrected chi connectivity index (χ2v) is 7.83. The van der Waals surface area contributed by atoms with Crippen LogP contribution in [0.4, 0.5) is 18.0 Å². The number of nitriles is 1. The highest BCUT2D eigenvalue weighted by atomic mass is 19.4. The zero-order valence-corrected chi connectivity index (χ0v) is 16.1. The third-order valence-electron chi connectivity index (χ3n) is 5.73. The molecule has 6 nitrogen and oxygen atoms in total. The van der Waals surface area contributed by atoms with Gasteiger partial charge in [-0.2, -0.15) is 18.4 Å². The van der Waals surface area contributed by atoms with Crippen molar-refractivity contribution in [3.05, 3.63) is 35.4 Å². The Morgan fingerprint density at radius 2 is 1.97 bits per heavy atom. The SMILES string of the molecule is C[C@H]1CCCC[C@@]12NC(=O)N(CN(Cc1ccc(C#N)cc1)CC(F)(F)F)C2=O. The summed E-state index contributed by atoms with van der Waals surface area (Å²) in [5.74, 6) is -0.506. The summed E-state index contributed by atoms with van der Waals surface area (Å²) < 4.78 is 39.4. The fourth-order valence-corrected chi connectivity index (χ4v) is 4.18. The number of benzene rings is 1. The van der Waals surface area contributed by atoms with E-state index >= 15 is 0 Å². The number of nitrogens with zero attached hydrogens (tertiary/aromatic N) is 3. The van der Waals surface area contributed by atoms with Gasteiger partial charge in [0.2, 0.25) is 0 Å². The summed E-state index contributed by atoms with van der Waals surface area (Å²) in [6, 6.07) is 7.49. The Labute approximate surface area is 167 Å². The molecule has 9 heteroatoms. The molecule has 156 valence electrons. The number of amides is 3. The van der Waals surface area contributed by atoms with Crippen LogP contribution in [0.5, 0.6) is 0 Å². The second-order valence-electron chi connectivity index (χ2n) is 7.83. The molecule has 1 aromatic rings. The van der Waals surface area contributed by atoms with E-state index in [9.17, 15) is 22.8 Å². The van der Waals surface area contributed by atoms with Crippen LogP contribution in [0.2, 0.25) is 0 Å². The summed E-state index contributed by atoms with van der Waals surface area (Å²) in [6.07, 6.45) is -1.43. The van der Waals surface area contributed by atoms with Crippen molar-refractivity contribution in [2.45, 2.75) is 50.9 Å². The first-order valence-corrected chi connectivity index (χ1v) is 9.57. The fourth-order valence-electron chi connectivity index (χ4n) is 4.18. The molecular weight excluding hydrogens is 385 g/mol.